The van der Waals surface area contributed by atoms with E-state index in [1.807, 2.05) is 12.1 Å². The molecule has 2 heterocycles. The van der Waals surface area contributed by atoms with E-state index in [9.17, 15) is 18.1 Å². The molecule has 166 valence electrons. The zero-order chi connectivity index (χ0) is 23.6. The van der Waals surface area contributed by atoms with E-state index in [0.29, 0.717) is 16.8 Å². The van der Waals surface area contributed by atoms with Crippen LogP contribution in [0.4, 0.5) is 16.0 Å². The molecule has 4 rings (SSSR count). The molecule has 0 aliphatic heterocycles. The van der Waals surface area contributed by atoms with Gasteiger partial charge in [-0.3, -0.25) is 4.98 Å². The summed E-state index contributed by atoms with van der Waals surface area (Å²) in [6.07, 6.45) is 2.58. The Morgan fingerprint density at radius 2 is 1.88 bits per heavy atom. The first-order chi connectivity index (χ1) is 15.8. The second-order valence-electron chi connectivity index (χ2n) is 7.31. The molecule has 2 aromatic heterocycles. The lowest BCUT2D eigenvalue weighted by Crippen LogP contribution is -2.13. The fourth-order valence-corrected chi connectivity index (χ4v) is 4.86. The third kappa shape index (κ3) is 4.31. The van der Waals surface area contributed by atoms with Crippen LogP contribution in [-0.4, -0.2) is 36.2 Å². The van der Waals surface area contributed by atoms with Gasteiger partial charge >= 0.3 is 0 Å². The maximum absolute atomic E-state index is 14.8. The summed E-state index contributed by atoms with van der Waals surface area (Å²) < 4.78 is 40.6. The molecule has 0 saturated heterocycles. The number of hydrogen-bond acceptors (Lipinski definition) is 8. The van der Waals surface area contributed by atoms with Crippen molar-refractivity contribution in [1.29, 1.82) is 5.26 Å². The van der Waals surface area contributed by atoms with Crippen molar-refractivity contribution in [2.24, 2.45) is 0 Å². The van der Waals surface area contributed by atoms with Crippen molar-refractivity contribution in [3.8, 4) is 17.2 Å². The van der Waals surface area contributed by atoms with Gasteiger partial charge in [-0.25, -0.2) is 22.8 Å². The van der Waals surface area contributed by atoms with Gasteiger partial charge in [0.25, 0.3) is 0 Å². The van der Waals surface area contributed by atoms with E-state index in [1.54, 1.807) is 30.3 Å². The molecular weight excluding hydrogens is 443 g/mol. The fraction of sp³-hybridized carbons (Fsp3) is 0.130. The number of benzene rings is 2. The largest absolute Gasteiger partial charge is 0.382 e. The highest BCUT2D eigenvalue weighted by atomic mass is 32.2. The number of halogens is 1. The summed E-state index contributed by atoms with van der Waals surface area (Å²) in [6, 6.07) is 15.1. The number of nitrogen functional groups attached to an aromatic ring is 1. The minimum Gasteiger partial charge on any atom is -0.382 e. The molecule has 0 unspecified atom stereocenters. The summed E-state index contributed by atoms with van der Waals surface area (Å²) in [5.41, 5.74) is 7.51. The van der Waals surface area contributed by atoms with Crippen LogP contribution in [0.3, 0.4) is 0 Å². The Morgan fingerprint density at radius 3 is 2.58 bits per heavy atom. The lowest BCUT2D eigenvalue weighted by Gasteiger charge is -2.17. The first-order valence-electron chi connectivity index (χ1n) is 9.92. The predicted octanol–water partition coefficient (Wildman–Crippen LogP) is 3.34. The number of rotatable bonds is 6. The molecule has 0 aliphatic rings. The number of aromatic nitrogens is 3. The molecule has 0 aliphatic carbocycles. The Kier molecular flexibility index (Phi) is 5.89. The Hall–Kier alpha value is -4.10. The van der Waals surface area contributed by atoms with Crippen LogP contribution in [0.25, 0.3) is 22.0 Å². The highest BCUT2D eigenvalue weighted by molar-refractivity contribution is 7.91. The second kappa shape index (κ2) is 8.80. The van der Waals surface area contributed by atoms with Crippen molar-refractivity contribution in [3.63, 3.8) is 0 Å². The lowest BCUT2D eigenvalue weighted by molar-refractivity contribution is 0.600. The van der Waals surface area contributed by atoms with E-state index in [4.69, 9.17) is 5.73 Å². The summed E-state index contributed by atoms with van der Waals surface area (Å²) in [7, 11) is -3.83. The average molecular weight is 463 g/mol. The molecule has 10 heteroatoms. The van der Waals surface area contributed by atoms with Gasteiger partial charge in [0.05, 0.1) is 21.5 Å². The highest BCUT2D eigenvalue weighted by Gasteiger charge is 2.25. The Labute approximate surface area is 189 Å². The maximum Gasteiger partial charge on any atom is 0.176 e. The number of nitrogens with zero attached hydrogens (tertiary/aromatic N) is 4. The number of fused-ring (bicyclic) bond motifs is 1. The minimum absolute atomic E-state index is 0.0362. The van der Waals surface area contributed by atoms with E-state index < -0.39 is 15.7 Å². The number of nitrogens with two attached hydrogens (primary N) is 1. The van der Waals surface area contributed by atoms with Gasteiger partial charge in [0.2, 0.25) is 0 Å². The van der Waals surface area contributed by atoms with Gasteiger partial charge < -0.3 is 11.1 Å². The first-order valence-corrected chi connectivity index (χ1v) is 11.8. The normalized spacial score (nSPS) is 11.3. The van der Waals surface area contributed by atoms with E-state index >= 15 is 0 Å². The van der Waals surface area contributed by atoms with Crippen LogP contribution in [0.2, 0.25) is 0 Å². The standard InChI is InChI=1S/C23H19FN6O2S/c1-33(31,32)21-19(14-6-3-2-4-7-14)18(30-17-9-5-8-16(24)20(17)21)10-11-27-23-15(12-25)22(26)28-13-29-23/h2-9,13H,10-11H2,1H3,(H3,26,27,28,29). The molecule has 0 fully saturated rings. The number of nitriles is 1. The minimum atomic E-state index is -3.83. The molecule has 0 amide bonds. The number of pyridine rings is 1. The molecule has 33 heavy (non-hydrogen) atoms. The predicted molar refractivity (Wildman–Crippen MR) is 124 cm³/mol. The SMILES string of the molecule is CS(=O)(=O)c1c(-c2ccccc2)c(CCNc2ncnc(N)c2C#N)nc2cccc(F)c12. The van der Waals surface area contributed by atoms with Crippen molar-refractivity contribution in [2.75, 3.05) is 23.9 Å². The second-order valence-corrected chi connectivity index (χ2v) is 9.26. The first kappa shape index (κ1) is 22.1. The number of sulfone groups is 1. The smallest absolute Gasteiger partial charge is 0.176 e. The molecule has 2 aromatic carbocycles. The van der Waals surface area contributed by atoms with Gasteiger partial charge in [0, 0.05) is 24.8 Å². The van der Waals surface area contributed by atoms with Gasteiger partial charge in [-0.15, -0.1) is 0 Å². The van der Waals surface area contributed by atoms with Gasteiger partial charge in [-0.05, 0) is 17.7 Å². The van der Waals surface area contributed by atoms with Gasteiger partial charge in [-0.1, -0.05) is 36.4 Å². The summed E-state index contributed by atoms with van der Waals surface area (Å²) >= 11 is 0. The van der Waals surface area contributed by atoms with Gasteiger partial charge in [0.15, 0.2) is 9.84 Å². The molecule has 3 N–H and O–H groups in total. The van der Waals surface area contributed by atoms with Crippen molar-refractivity contribution in [1.82, 2.24) is 15.0 Å². The average Bonchev–Trinajstić information content (AvgIpc) is 2.78. The third-order valence-electron chi connectivity index (χ3n) is 5.07. The molecule has 8 nitrogen and oxygen atoms in total. The maximum atomic E-state index is 14.8. The summed E-state index contributed by atoms with van der Waals surface area (Å²) in [4.78, 5) is 12.4. The molecular formula is C23H19FN6O2S. The molecule has 0 saturated carbocycles. The molecule has 0 bridgehead atoms. The summed E-state index contributed by atoms with van der Waals surface area (Å²) in [5, 5.41) is 12.3. The van der Waals surface area contributed by atoms with E-state index in [1.165, 1.54) is 18.5 Å². The van der Waals surface area contributed by atoms with Crippen LogP contribution in [-0.2, 0) is 16.3 Å². The summed E-state index contributed by atoms with van der Waals surface area (Å²) in [6.45, 7) is 0.266. The highest BCUT2D eigenvalue weighted by Crippen LogP contribution is 2.37. The number of hydrogen-bond donors (Lipinski definition) is 2. The zero-order valence-corrected chi connectivity index (χ0v) is 18.4. The van der Waals surface area contributed by atoms with E-state index in [2.05, 4.69) is 20.3 Å². The third-order valence-corrected chi connectivity index (χ3v) is 6.22. The topological polar surface area (TPSA) is 135 Å². The molecule has 0 atom stereocenters. The van der Waals surface area contributed by atoms with Crippen molar-refractivity contribution >= 4 is 32.4 Å². The van der Waals surface area contributed by atoms with E-state index in [-0.39, 0.29) is 46.0 Å². The van der Waals surface area contributed by atoms with Crippen LogP contribution in [0.5, 0.6) is 0 Å². The Morgan fingerprint density at radius 1 is 1.12 bits per heavy atom. The van der Waals surface area contributed by atoms with Gasteiger partial charge in [-0.2, -0.15) is 5.26 Å². The van der Waals surface area contributed by atoms with E-state index in [0.717, 1.165) is 6.26 Å². The van der Waals surface area contributed by atoms with Gasteiger partial charge in [0.1, 0.15) is 35.4 Å². The molecule has 0 radical (unpaired) electrons. The van der Waals surface area contributed by atoms with Crippen LogP contribution in [0.1, 0.15) is 11.3 Å². The van der Waals surface area contributed by atoms with Crippen LogP contribution >= 0.6 is 0 Å². The zero-order valence-electron chi connectivity index (χ0n) is 17.6. The molecule has 0 spiro atoms. The monoisotopic (exact) mass is 462 g/mol. The lowest BCUT2D eigenvalue weighted by atomic mass is 9.99. The number of nitrogens with one attached hydrogen (secondary N) is 1. The molecule has 4 aromatic rings. The van der Waals surface area contributed by atoms with Crippen molar-refractivity contribution in [2.45, 2.75) is 11.3 Å². The quantitative estimate of drug-likeness (QED) is 0.445. The summed E-state index contributed by atoms with van der Waals surface area (Å²) in [5.74, 6) is -0.336. The van der Waals surface area contributed by atoms with Crippen molar-refractivity contribution in [3.05, 3.63) is 71.9 Å². The number of anilines is 2. The Balaban J connectivity index is 1.86. The van der Waals surface area contributed by atoms with Crippen LogP contribution in [0.15, 0.2) is 59.8 Å². The fourth-order valence-electron chi connectivity index (χ4n) is 3.69. The Bertz CT molecular complexity index is 1500. The van der Waals surface area contributed by atoms with Crippen molar-refractivity contribution < 1.29 is 12.8 Å². The van der Waals surface area contributed by atoms with Crippen LogP contribution < -0.4 is 11.1 Å². The van der Waals surface area contributed by atoms with Crippen LogP contribution in [0, 0.1) is 17.1 Å².